The first-order valence-electron chi connectivity index (χ1n) is 4.50. The predicted molar refractivity (Wildman–Crippen MR) is 52.9 cm³/mol. The van der Waals surface area contributed by atoms with Crippen LogP contribution in [-0.2, 0) is 19.1 Å². The molecule has 0 aromatic carbocycles. The Balaban J connectivity index is 0. The van der Waals surface area contributed by atoms with Gasteiger partial charge in [-0.2, -0.15) is 0 Å². The van der Waals surface area contributed by atoms with E-state index in [9.17, 15) is 9.59 Å². The Kier molecular flexibility index (Phi) is 11.9. The number of hydrogen-bond acceptors (Lipinski definition) is 4. The van der Waals surface area contributed by atoms with Crippen molar-refractivity contribution in [2.45, 2.75) is 26.4 Å². The maximum absolute atomic E-state index is 9.81. The maximum Gasteiger partial charge on any atom is 0.332 e. The van der Waals surface area contributed by atoms with Gasteiger partial charge in [0.15, 0.2) is 6.10 Å². The molecular weight excluding hydrogens is 204 g/mol. The van der Waals surface area contributed by atoms with Crippen LogP contribution in [0.15, 0.2) is 0 Å². The molecule has 0 spiro atoms. The third-order valence-corrected chi connectivity index (χ3v) is 1.37. The van der Waals surface area contributed by atoms with Gasteiger partial charge in [0.05, 0.1) is 13.0 Å². The van der Waals surface area contributed by atoms with Crippen LogP contribution < -0.4 is 0 Å². The molecule has 15 heavy (non-hydrogen) atoms. The van der Waals surface area contributed by atoms with Gasteiger partial charge in [0.2, 0.25) is 0 Å². The van der Waals surface area contributed by atoms with Gasteiger partial charge in [-0.3, -0.25) is 4.79 Å². The first-order valence-corrected chi connectivity index (χ1v) is 4.50. The minimum atomic E-state index is -0.928. The van der Waals surface area contributed by atoms with Crippen LogP contribution in [0, 0.1) is 0 Å². The Hall–Kier alpha value is -1.14. The minimum absolute atomic E-state index is 0.105. The van der Waals surface area contributed by atoms with E-state index in [2.05, 4.69) is 4.74 Å². The molecule has 0 rings (SSSR count). The third kappa shape index (κ3) is 15.6. The van der Waals surface area contributed by atoms with Gasteiger partial charge in [-0.05, 0) is 13.8 Å². The molecule has 0 heterocycles. The summed E-state index contributed by atoms with van der Waals surface area (Å²) in [6.45, 7) is 4.23. The zero-order chi connectivity index (χ0) is 12.3. The Bertz CT molecular complexity index is 179. The van der Waals surface area contributed by atoms with E-state index < -0.39 is 18.0 Å². The van der Waals surface area contributed by atoms with Crippen molar-refractivity contribution in [3.8, 4) is 0 Å². The van der Waals surface area contributed by atoms with Gasteiger partial charge in [0.25, 0.3) is 0 Å². The van der Waals surface area contributed by atoms with Crippen LogP contribution in [0.3, 0.4) is 0 Å². The Morgan fingerprint density at radius 3 is 2.07 bits per heavy atom. The fourth-order valence-corrected chi connectivity index (χ4v) is 0.405. The van der Waals surface area contributed by atoms with Crippen molar-refractivity contribution in [3.05, 3.63) is 0 Å². The number of carboxylic acids is 2. The van der Waals surface area contributed by atoms with Gasteiger partial charge in [-0.15, -0.1) is 0 Å². The topological polar surface area (TPSA) is 93.1 Å². The molecule has 1 unspecified atom stereocenters. The SMILES string of the molecule is CCOCCC(=O)O.COC(C)C(=O)O. The molecular formula is C9H18O6. The smallest absolute Gasteiger partial charge is 0.332 e. The standard InChI is InChI=1S/C5H10O3.C4H8O3/c1-2-8-4-3-5(6)7;1-3(7-2)4(5)6/h2-4H2,1H3,(H,6,7);3H,1-2H3,(H,5,6). The molecule has 6 nitrogen and oxygen atoms in total. The summed E-state index contributed by atoms with van der Waals surface area (Å²) in [5.74, 6) is -1.74. The first kappa shape index (κ1) is 16.3. The quantitative estimate of drug-likeness (QED) is 0.639. The van der Waals surface area contributed by atoms with Crippen molar-refractivity contribution in [1.82, 2.24) is 0 Å². The van der Waals surface area contributed by atoms with E-state index in [1.165, 1.54) is 14.0 Å². The molecule has 0 saturated heterocycles. The Labute approximate surface area is 88.8 Å². The van der Waals surface area contributed by atoms with E-state index in [-0.39, 0.29) is 6.42 Å². The lowest BCUT2D eigenvalue weighted by Gasteiger charge is -1.98. The first-order chi connectivity index (χ1) is 6.95. The molecule has 2 N–H and O–H groups in total. The number of ether oxygens (including phenoxy) is 2. The highest BCUT2D eigenvalue weighted by Crippen LogP contribution is 1.83. The largest absolute Gasteiger partial charge is 0.481 e. The minimum Gasteiger partial charge on any atom is -0.481 e. The zero-order valence-electron chi connectivity index (χ0n) is 9.23. The summed E-state index contributed by atoms with van der Waals surface area (Å²) < 4.78 is 9.18. The van der Waals surface area contributed by atoms with Gasteiger partial charge in [-0.25, -0.2) is 4.79 Å². The molecule has 0 aromatic rings. The van der Waals surface area contributed by atoms with Gasteiger partial charge in [0, 0.05) is 13.7 Å². The Morgan fingerprint density at radius 2 is 1.87 bits per heavy atom. The highest BCUT2D eigenvalue weighted by molar-refractivity contribution is 5.71. The van der Waals surface area contributed by atoms with E-state index >= 15 is 0 Å². The lowest BCUT2D eigenvalue weighted by molar-refractivity contribution is -0.147. The van der Waals surface area contributed by atoms with E-state index in [4.69, 9.17) is 14.9 Å². The van der Waals surface area contributed by atoms with E-state index in [1.807, 2.05) is 6.92 Å². The summed E-state index contributed by atoms with van der Waals surface area (Å²) in [4.78, 5) is 19.6. The summed E-state index contributed by atoms with van der Waals surface area (Å²) in [5.41, 5.74) is 0. The third-order valence-electron chi connectivity index (χ3n) is 1.37. The van der Waals surface area contributed by atoms with Crippen LogP contribution in [0.25, 0.3) is 0 Å². The number of methoxy groups -OCH3 is 1. The molecule has 90 valence electrons. The molecule has 1 atom stereocenters. The van der Waals surface area contributed by atoms with Gasteiger partial charge < -0.3 is 19.7 Å². The van der Waals surface area contributed by atoms with Gasteiger partial charge >= 0.3 is 11.9 Å². The molecule has 0 bridgehead atoms. The average molecular weight is 222 g/mol. The normalized spacial score (nSPS) is 11.1. The Morgan fingerprint density at radius 1 is 1.33 bits per heavy atom. The second-order valence-electron chi connectivity index (χ2n) is 2.56. The summed E-state index contributed by atoms with van der Waals surface area (Å²) >= 11 is 0. The van der Waals surface area contributed by atoms with Crippen molar-refractivity contribution >= 4 is 11.9 Å². The molecule has 0 aliphatic heterocycles. The van der Waals surface area contributed by atoms with E-state index in [0.717, 1.165) is 0 Å². The predicted octanol–water partition coefficient (Wildman–Crippen LogP) is 0.603. The number of hydrogen-bond donors (Lipinski definition) is 2. The van der Waals surface area contributed by atoms with Gasteiger partial charge in [-0.1, -0.05) is 0 Å². The van der Waals surface area contributed by atoms with Crippen LogP contribution in [-0.4, -0.2) is 48.6 Å². The van der Waals surface area contributed by atoms with Crippen molar-refractivity contribution < 1.29 is 29.3 Å². The van der Waals surface area contributed by atoms with Crippen molar-refractivity contribution in [1.29, 1.82) is 0 Å². The molecule has 0 amide bonds. The van der Waals surface area contributed by atoms with Crippen LogP contribution in [0.4, 0.5) is 0 Å². The molecule has 0 aromatic heterocycles. The van der Waals surface area contributed by atoms with Gasteiger partial charge in [0.1, 0.15) is 0 Å². The summed E-state index contributed by atoms with van der Waals surface area (Å²) in [7, 11) is 1.36. The summed E-state index contributed by atoms with van der Waals surface area (Å²) in [6, 6.07) is 0. The number of carboxylic acid groups (broad SMARTS) is 2. The van der Waals surface area contributed by atoms with E-state index in [1.54, 1.807) is 0 Å². The highest BCUT2D eigenvalue weighted by atomic mass is 16.5. The summed E-state index contributed by atoms with van der Waals surface area (Å²) in [5, 5.41) is 16.1. The molecule has 6 heteroatoms. The maximum atomic E-state index is 9.81. The lowest BCUT2D eigenvalue weighted by atomic mass is 10.4. The average Bonchev–Trinajstić information content (AvgIpc) is 2.17. The molecule has 0 radical (unpaired) electrons. The zero-order valence-corrected chi connectivity index (χ0v) is 9.23. The fraction of sp³-hybridized carbons (Fsp3) is 0.778. The van der Waals surface area contributed by atoms with Crippen LogP contribution >= 0.6 is 0 Å². The molecule has 0 aliphatic rings. The van der Waals surface area contributed by atoms with Crippen molar-refractivity contribution in [3.63, 3.8) is 0 Å². The second kappa shape index (κ2) is 10.9. The summed E-state index contributed by atoms with van der Waals surface area (Å²) in [6.07, 6.45) is -0.576. The van der Waals surface area contributed by atoms with Crippen molar-refractivity contribution in [2.24, 2.45) is 0 Å². The lowest BCUT2D eigenvalue weighted by Crippen LogP contribution is -2.17. The van der Waals surface area contributed by atoms with Crippen LogP contribution in [0.1, 0.15) is 20.3 Å². The molecule has 0 aliphatic carbocycles. The molecule has 0 saturated carbocycles. The number of aliphatic carboxylic acids is 2. The van der Waals surface area contributed by atoms with Crippen LogP contribution in [0.5, 0.6) is 0 Å². The monoisotopic (exact) mass is 222 g/mol. The number of carbonyl (C=O) groups is 2. The molecule has 0 fully saturated rings. The number of rotatable bonds is 6. The second-order valence-corrected chi connectivity index (χ2v) is 2.56. The van der Waals surface area contributed by atoms with Crippen molar-refractivity contribution in [2.75, 3.05) is 20.3 Å². The van der Waals surface area contributed by atoms with Crippen LogP contribution in [0.2, 0.25) is 0 Å². The fourth-order valence-electron chi connectivity index (χ4n) is 0.405. The highest BCUT2D eigenvalue weighted by Gasteiger charge is 2.06. The van der Waals surface area contributed by atoms with E-state index in [0.29, 0.717) is 13.2 Å².